The first-order valence-electron chi connectivity index (χ1n) is 6.18. The number of hydrogen-bond donors (Lipinski definition) is 3. The lowest BCUT2D eigenvalue weighted by Crippen LogP contribution is -2.46. The molecule has 19 heavy (non-hydrogen) atoms. The minimum Gasteiger partial charge on any atom is -0.388 e. The maximum Gasteiger partial charge on any atom is 0.319 e. The molecule has 1 aliphatic rings. The van der Waals surface area contributed by atoms with Crippen molar-refractivity contribution in [1.82, 2.24) is 5.32 Å². The van der Waals surface area contributed by atoms with Gasteiger partial charge in [0.2, 0.25) is 0 Å². The second-order valence-corrected chi connectivity index (χ2v) is 6.32. The normalized spacial score (nSPS) is 17.8. The van der Waals surface area contributed by atoms with Gasteiger partial charge in [-0.3, -0.25) is 0 Å². The van der Waals surface area contributed by atoms with Gasteiger partial charge in [-0.15, -0.1) is 0 Å². The molecular formula is C13H17ClN2O2S. The van der Waals surface area contributed by atoms with Crippen molar-refractivity contribution in [1.29, 1.82) is 0 Å². The van der Waals surface area contributed by atoms with Crippen LogP contribution in [0, 0.1) is 0 Å². The molecule has 0 saturated carbocycles. The van der Waals surface area contributed by atoms with E-state index in [2.05, 4.69) is 10.6 Å². The van der Waals surface area contributed by atoms with Crippen molar-refractivity contribution >= 4 is 35.1 Å². The van der Waals surface area contributed by atoms with E-state index in [1.54, 1.807) is 24.3 Å². The second-order valence-electron chi connectivity index (χ2n) is 4.65. The molecule has 1 aromatic carbocycles. The number of anilines is 1. The van der Waals surface area contributed by atoms with Crippen LogP contribution in [-0.2, 0) is 0 Å². The van der Waals surface area contributed by atoms with Gasteiger partial charge in [0.15, 0.2) is 0 Å². The molecule has 0 bridgehead atoms. The summed E-state index contributed by atoms with van der Waals surface area (Å²) in [5, 5.41) is 16.2. The van der Waals surface area contributed by atoms with Gasteiger partial charge in [-0.2, -0.15) is 11.8 Å². The zero-order valence-electron chi connectivity index (χ0n) is 10.5. The van der Waals surface area contributed by atoms with E-state index in [0.29, 0.717) is 10.7 Å². The molecule has 1 heterocycles. The van der Waals surface area contributed by atoms with Gasteiger partial charge >= 0.3 is 6.03 Å². The summed E-state index contributed by atoms with van der Waals surface area (Å²) in [4.78, 5) is 11.7. The third-order valence-electron chi connectivity index (χ3n) is 3.08. The van der Waals surface area contributed by atoms with Gasteiger partial charge < -0.3 is 15.7 Å². The maximum absolute atomic E-state index is 11.7. The molecule has 0 spiro atoms. The lowest BCUT2D eigenvalue weighted by atomic mass is 9.97. The van der Waals surface area contributed by atoms with Crippen molar-refractivity contribution in [2.75, 3.05) is 23.4 Å². The van der Waals surface area contributed by atoms with E-state index in [1.165, 1.54) is 0 Å². The molecule has 6 heteroatoms. The summed E-state index contributed by atoms with van der Waals surface area (Å²) in [6, 6.07) is 6.62. The largest absolute Gasteiger partial charge is 0.388 e. The topological polar surface area (TPSA) is 61.4 Å². The van der Waals surface area contributed by atoms with E-state index in [1.807, 2.05) is 11.8 Å². The molecule has 1 saturated heterocycles. The Hall–Kier alpha value is -0.910. The van der Waals surface area contributed by atoms with Crippen molar-refractivity contribution in [3.63, 3.8) is 0 Å². The van der Waals surface area contributed by atoms with Gasteiger partial charge in [-0.05, 0) is 42.5 Å². The average molecular weight is 301 g/mol. The van der Waals surface area contributed by atoms with E-state index >= 15 is 0 Å². The Kier molecular flexibility index (Phi) is 4.96. The first-order chi connectivity index (χ1) is 9.07. The summed E-state index contributed by atoms with van der Waals surface area (Å²) >= 11 is 7.67. The number of carbonyl (C=O) groups is 1. The van der Waals surface area contributed by atoms with Gasteiger partial charge in [0, 0.05) is 17.3 Å². The van der Waals surface area contributed by atoms with E-state index in [4.69, 9.17) is 11.6 Å². The molecule has 3 N–H and O–H groups in total. The van der Waals surface area contributed by atoms with Crippen LogP contribution in [-0.4, -0.2) is 34.8 Å². The Morgan fingerprint density at radius 2 is 2.16 bits per heavy atom. The summed E-state index contributed by atoms with van der Waals surface area (Å²) in [5.74, 6) is 1.88. The van der Waals surface area contributed by atoms with Crippen LogP contribution in [0.3, 0.4) is 0 Å². The van der Waals surface area contributed by atoms with Crippen LogP contribution in [0.25, 0.3) is 0 Å². The lowest BCUT2D eigenvalue weighted by Gasteiger charge is -2.31. The van der Waals surface area contributed by atoms with E-state index in [0.717, 1.165) is 24.3 Å². The van der Waals surface area contributed by atoms with E-state index in [9.17, 15) is 9.90 Å². The molecule has 1 aromatic rings. The molecule has 104 valence electrons. The average Bonchev–Trinajstić information content (AvgIpc) is 2.38. The number of amides is 2. The molecule has 2 amide bonds. The van der Waals surface area contributed by atoms with Gasteiger partial charge in [0.05, 0.1) is 5.60 Å². The summed E-state index contributed by atoms with van der Waals surface area (Å²) in [5.41, 5.74) is -0.132. The molecule has 4 nitrogen and oxygen atoms in total. The molecule has 0 aliphatic carbocycles. The Labute approximate surface area is 121 Å². The smallest absolute Gasteiger partial charge is 0.319 e. The van der Waals surface area contributed by atoms with Crippen molar-refractivity contribution in [2.45, 2.75) is 18.4 Å². The zero-order chi connectivity index (χ0) is 13.7. The van der Waals surface area contributed by atoms with Crippen molar-refractivity contribution in [3.05, 3.63) is 29.3 Å². The quantitative estimate of drug-likeness (QED) is 0.804. The zero-order valence-corrected chi connectivity index (χ0v) is 12.1. The summed E-state index contributed by atoms with van der Waals surface area (Å²) in [6.07, 6.45) is 1.43. The SMILES string of the molecule is O=C(NCC1(O)CCSCC1)Nc1cccc(Cl)c1. The number of rotatable bonds is 3. The summed E-state index contributed by atoms with van der Waals surface area (Å²) in [6.45, 7) is 0.278. The van der Waals surface area contributed by atoms with E-state index < -0.39 is 5.60 Å². The number of carbonyl (C=O) groups excluding carboxylic acids is 1. The van der Waals surface area contributed by atoms with Gasteiger partial charge in [-0.1, -0.05) is 17.7 Å². The summed E-state index contributed by atoms with van der Waals surface area (Å²) in [7, 11) is 0. The van der Waals surface area contributed by atoms with Gasteiger partial charge in [0.25, 0.3) is 0 Å². The minimum atomic E-state index is -0.767. The number of urea groups is 1. The lowest BCUT2D eigenvalue weighted by molar-refractivity contribution is 0.0351. The third-order valence-corrected chi connectivity index (χ3v) is 4.30. The molecule has 2 rings (SSSR count). The fraction of sp³-hybridized carbons (Fsp3) is 0.462. The number of thioether (sulfide) groups is 1. The van der Waals surface area contributed by atoms with Gasteiger partial charge in [-0.25, -0.2) is 4.79 Å². The molecule has 0 aromatic heterocycles. The first-order valence-corrected chi connectivity index (χ1v) is 7.71. The van der Waals surface area contributed by atoms with Crippen LogP contribution in [0.5, 0.6) is 0 Å². The van der Waals surface area contributed by atoms with E-state index in [-0.39, 0.29) is 12.6 Å². The minimum absolute atomic E-state index is 0.278. The Balaban J connectivity index is 1.81. The van der Waals surface area contributed by atoms with Crippen LogP contribution in [0.15, 0.2) is 24.3 Å². The predicted octanol–water partition coefficient (Wildman–Crippen LogP) is 2.72. The highest BCUT2D eigenvalue weighted by molar-refractivity contribution is 7.99. The van der Waals surface area contributed by atoms with Crippen molar-refractivity contribution < 1.29 is 9.90 Å². The Morgan fingerprint density at radius 1 is 1.42 bits per heavy atom. The molecule has 0 radical (unpaired) electrons. The number of hydrogen-bond acceptors (Lipinski definition) is 3. The first kappa shape index (κ1) is 14.5. The van der Waals surface area contributed by atoms with Crippen LogP contribution >= 0.6 is 23.4 Å². The predicted molar refractivity (Wildman–Crippen MR) is 80.0 cm³/mol. The van der Waals surface area contributed by atoms with Crippen LogP contribution in [0.2, 0.25) is 5.02 Å². The second kappa shape index (κ2) is 6.50. The fourth-order valence-electron chi connectivity index (χ4n) is 1.91. The van der Waals surface area contributed by atoms with Crippen LogP contribution < -0.4 is 10.6 Å². The monoisotopic (exact) mass is 300 g/mol. The standard InChI is InChI=1S/C13H17ClN2O2S/c14-10-2-1-3-11(8-10)16-12(17)15-9-13(18)4-6-19-7-5-13/h1-3,8,18H,4-7,9H2,(H2,15,16,17). The number of halogens is 1. The number of aliphatic hydroxyl groups is 1. The highest BCUT2D eigenvalue weighted by Crippen LogP contribution is 2.26. The highest BCUT2D eigenvalue weighted by atomic mass is 35.5. The Morgan fingerprint density at radius 3 is 2.84 bits per heavy atom. The number of nitrogens with one attached hydrogen (secondary N) is 2. The molecule has 1 fully saturated rings. The molecule has 0 unspecified atom stereocenters. The fourth-order valence-corrected chi connectivity index (χ4v) is 3.36. The third kappa shape index (κ3) is 4.60. The number of benzene rings is 1. The Bertz CT molecular complexity index is 450. The summed E-state index contributed by atoms with van der Waals surface area (Å²) < 4.78 is 0. The molecular weight excluding hydrogens is 284 g/mol. The molecule has 1 aliphatic heterocycles. The highest BCUT2D eigenvalue weighted by Gasteiger charge is 2.29. The maximum atomic E-state index is 11.7. The van der Waals surface area contributed by atoms with Crippen LogP contribution in [0.1, 0.15) is 12.8 Å². The van der Waals surface area contributed by atoms with Crippen molar-refractivity contribution in [2.24, 2.45) is 0 Å². The van der Waals surface area contributed by atoms with Crippen molar-refractivity contribution in [3.8, 4) is 0 Å². The molecule has 0 atom stereocenters. The van der Waals surface area contributed by atoms with Crippen LogP contribution in [0.4, 0.5) is 10.5 Å². The van der Waals surface area contributed by atoms with Gasteiger partial charge in [0.1, 0.15) is 0 Å².